The number of nitrogens with zero attached hydrogens (tertiary/aromatic N) is 2. The zero-order chi connectivity index (χ0) is 28.6. The van der Waals surface area contributed by atoms with Crippen LogP contribution in [-0.2, 0) is 26.2 Å². The smallest absolute Gasteiger partial charge is 0.264 e. The zero-order valence-electron chi connectivity index (χ0n) is 22.8. The zero-order valence-corrected chi connectivity index (χ0v) is 24.4. The van der Waals surface area contributed by atoms with E-state index in [2.05, 4.69) is 5.32 Å². The third-order valence-electron chi connectivity index (χ3n) is 6.55. The van der Waals surface area contributed by atoms with Crippen LogP contribution < -0.4 is 9.62 Å². The van der Waals surface area contributed by atoms with Crippen molar-refractivity contribution < 1.29 is 18.0 Å². The summed E-state index contributed by atoms with van der Waals surface area (Å²) in [6.45, 7) is 7.35. The minimum atomic E-state index is -4.11. The number of anilines is 1. The van der Waals surface area contributed by atoms with Crippen LogP contribution in [0.2, 0.25) is 5.02 Å². The molecule has 208 valence electrons. The number of carbonyl (C=O) groups is 2. The van der Waals surface area contributed by atoms with Crippen LogP contribution in [0.4, 0.5) is 5.69 Å². The van der Waals surface area contributed by atoms with Crippen LogP contribution in [0.3, 0.4) is 0 Å². The minimum absolute atomic E-state index is 0.0551. The highest BCUT2D eigenvalue weighted by molar-refractivity contribution is 7.92. The van der Waals surface area contributed by atoms with Crippen LogP contribution in [0.1, 0.15) is 44.7 Å². The van der Waals surface area contributed by atoms with E-state index in [9.17, 15) is 18.0 Å². The summed E-state index contributed by atoms with van der Waals surface area (Å²) in [5.41, 5.74) is 2.16. The van der Waals surface area contributed by atoms with E-state index < -0.39 is 28.5 Å². The van der Waals surface area contributed by atoms with Gasteiger partial charge in [-0.1, -0.05) is 73.5 Å². The van der Waals surface area contributed by atoms with E-state index in [1.54, 1.807) is 42.5 Å². The summed E-state index contributed by atoms with van der Waals surface area (Å²) in [6, 6.07) is 21.1. The summed E-state index contributed by atoms with van der Waals surface area (Å²) in [4.78, 5) is 28.9. The number of amides is 2. The molecule has 0 bridgehead atoms. The fourth-order valence-corrected chi connectivity index (χ4v) is 5.78. The Hall–Kier alpha value is -3.36. The van der Waals surface area contributed by atoms with E-state index in [1.165, 1.54) is 17.0 Å². The molecule has 9 heteroatoms. The molecule has 0 radical (unpaired) electrons. The number of carbonyl (C=O) groups excluding carboxylic acids is 2. The van der Waals surface area contributed by atoms with Crippen molar-refractivity contribution in [3.05, 3.63) is 95.0 Å². The topological polar surface area (TPSA) is 86.8 Å². The van der Waals surface area contributed by atoms with E-state index in [1.807, 2.05) is 52.0 Å². The number of benzene rings is 3. The quantitative estimate of drug-likeness (QED) is 0.309. The number of halogens is 1. The summed E-state index contributed by atoms with van der Waals surface area (Å²) in [5, 5.41) is 3.42. The van der Waals surface area contributed by atoms with E-state index in [0.717, 1.165) is 21.9 Å². The molecule has 1 N–H and O–H groups in total. The molecule has 3 rings (SSSR count). The van der Waals surface area contributed by atoms with Crippen LogP contribution in [0.25, 0.3) is 0 Å². The number of nitrogens with one attached hydrogen (secondary N) is 1. The third kappa shape index (κ3) is 7.83. The van der Waals surface area contributed by atoms with Gasteiger partial charge in [0.05, 0.1) is 10.6 Å². The summed E-state index contributed by atoms with van der Waals surface area (Å²) < 4.78 is 28.6. The molecular weight excluding hydrogens is 534 g/mol. The van der Waals surface area contributed by atoms with Gasteiger partial charge in [-0.2, -0.15) is 0 Å². The van der Waals surface area contributed by atoms with Gasteiger partial charge >= 0.3 is 0 Å². The van der Waals surface area contributed by atoms with Gasteiger partial charge in [0, 0.05) is 17.6 Å². The first-order chi connectivity index (χ1) is 18.6. The van der Waals surface area contributed by atoms with Crippen molar-refractivity contribution in [1.29, 1.82) is 0 Å². The predicted molar refractivity (Wildman–Crippen MR) is 156 cm³/mol. The number of hydrogen-bond donors (Lipinski definition) is 1. The molecule has 2 amide bonds. The molecule has 0 aliphatic carbocycles. The largest absolute Gasteiger partial charge is 0.352 e. The normalized spacial score (nSPS) is 12.8. The van der Waals surface area contributed by atoms with E-state index in [-0.39, 0.29) is 23.4 Å². The van der Waals surface area contributed by atoms with Crippen molar-refractivity contribution in [2.45, 2.75) is 64.1 Å². The molecule has 0 heterocycles. The fraction of sp³-hybridized carbons (Fsp3) is 0.333. The molecule has 0 saturated carbocycles. The number of rotatable bonds is 12. The van der Waals surface area contributed by atoms with Gasteiger partial charge in [0.1, 0.15) is 12.6 Å². The Morgan fingerprint density at radius 2 is 1.59 bits per heavy atom. The maximum atomic E-state index is 14.0. The number of hydrogen-bond acceptors (Lipinski definition) is 4. The minimum Gasteiger partial charge on any atom is -0.352 e. The Kier molecular flexibility index (Phi) is 10.5. The average Bonchev–Trinajstić information content (AvgIpc) is 2.92. The van der Waals surface area contributed by atoms with Gasteiger partial charge in [0.2, 0.25) is 11.8 Å². The highest BCUT2D eigenvalue weighted by Gasteiger charge is 2.33. The Balaban J connectivity index is 2.04. The van der Waals surface area contributed by atoms with Crippen molar-refractivity contribution in [1.82, 2.24) is 10.2 Å². The molecule has 0 aliphatic rings. The number of aryl methyl sites for hydroxylation is 1. The molecule has 0 aromatic heterocycles. The lowest BCUT2D eigenvalue weighted by Gasteiger charge is -2.33. The van der Waals surface area contributed by atoms with Gasteiger partial charge in [0.15, 0.2) is 0 Å². The second kappa shape index (κ2) is 13.6. The molecule has 0 spiro atoms. The molecule has 7 nitrogen and oxygen atoms in total. The van der Waals surface area contributed by atoms with Crippen molar-refractivity contribution in [2.75, 3.05) is 10.8 Å². The van der Waals surface area contributed by atoms with Gasteiger partial charge in [-0.05, 0) is 68.7 Å². The van der Waals surface area contributed by atoms with Crippen LogP contribution in [0.5, 0.6) is 0 Å². The Morgan fingerprint density at radius 3 is 2.18 bits per heavy atom. The van der Waals surface area contributed by atoms with Crippen LogP contribution in [0, 0.1) is 6.92 Å². The van der Waals surface area contributed by atoms with Crippen molar-refractivity contribution in [3.63, 3.8) is 0 Å². The maximum Gasteiger partial charge on any atom is 0.264 e. The van der Waals surface area contributed by atoms with E-state index in [0.29, 0.717) is 17.1 Å². The molecule has 3 aromatic carbocycles. The average molecular weight is 570 g/mol. The van der Waals surface area contributed by atoms with Gasteiger partial charge in [-0.3, -0.25) is 13.9 Å². The monoisotopic (exact) mass is 569 g/mol. The summed E-state index contributed by atoms with van der Waals surface area (Å²) in [7, 11) is -4.11. The second-order valence-corrected chi connectivity index (χ2v) is 11.9. The van der Waals surface area contributed by atoms with Crippen LogP contribution in [0.15, 0.2) is 83.8 Å². The van der Waals surface area contributed by atoms with E-state index in [4.69, 9.17) is 11.6 Å². The SMILES string of the molecule is CC[C@@H](C)NC(=O)[C@@H](CC)N(Cc1cccc(C)c1)C(=O)CN(c1ccc(Cl)cc1)S(=O)(=O)c1ccccc1. The number of sulfonamides is 1. The standard InChI is InChI=1S/C30H36ClN3O4S/c1-5-23(4)32-30(36)28(6-2)33(20-24-12-10-11-22(3)19-24)29(35)21-34(26-17-15-25(31)16-18-26)39(37,38)27-13-8-7-9-14-27/h7-19,23,28H,5-6,20-21H2,1-4H3,(H,32,36)/t23-,28-/m1/s1. The van der Waals surface area contributed by atoms with Gasteiger partial charge < -0.3 is 10.2 Å². The predicted octanol–water partition coefficient (Wildman–Crippen LogP) is 5.57. The summed E-state index contributed by atoms with van der Waals surface area (Å²) in [6.07, 6.45) is 1.11. The first-order valence-electron chi connectivity index (χ1n) is 13.1. The van der Waals surface area contributed by atoms with E-state index >= 15 is 0 Å². The Morgan fingerprint density at radius 1 is 0.923 bits per heavy atom. The lowest BCUT2D eigenvalue weighted by Crippen LogP contribution is -2.53. The molecule has 39 heavy (non-hydrogen) atoms. The maximum absolute atomic E-state index is 14.0. The first kappa shape index (κ1) is 30.2. The van der Waals surface area contributed by atoms with Gasteiger partial charge in [-0.25, -0.2) is 8.42 Å². The van der Waals surface area contributed by atoms with Crippen molar-refractivity contribution >= 4 is 39.1 Å². The van der Waals surface area contributed by atoms with Crippen LogP contribution in [-0.4, -0.2) is 43.8 Å². The Labute approximate surface area is 236 Å². The highest BCUT2D eigenvalue weighted by Crippen LogP contribution is 2.26. The highest BCUT2D eigenvalue weighted by atomic mass is 35.5. The summed E-state index contributed by atoms with van der Waals surface area (Å²) in [5.74, 6) is -0.756. The Bertz CT molecular complexity index is 1360. The molecule has 0 unspecified atom stereocenters. The molecule has 0 saturated heterocycles. The molecule has 2 atom stereocenters. The van der Waals surface area contributed by atoms with Crippen molar-refractivity contribution in [3.8, 4) is 0 Å². The first-order valence-corrected chi connectivity index (χ1v) is 14.9. The third-order valence-corrected chi connectivity index (χ3v) is 8.59. The lowest BCUT2D eigenvalue weighted by molar-refractivity contribution is -0.140. The summed E-state index contributed by atoms with van der Waals surface area (Å²) >= 11 is 6.07. The second-order valence-electron chi connectivity index (χ2n) is 9.55. The molecule has 0 fully saturated rings. The molecular formula is C30H36ClN3O4S. The lowest BCUT2D eigenvalue weighted by atomic mass is 10.1. The van der Waals surface area contributed by atoms with Crippen molar-refractivity contribution in [2.24, 2.45) is 0 Å². The molecule has 0 aliphatic heterocycles. The van der Waals surface area contributed by atoms with Gasteiger partial charge in [-0.15, -0.1) is 0 Å². The molecule has 3 aromatic rings. The van der Waals surface area contributed by atoms with Crippen LogP contribution >= 0.6 is 11.6 Å². The van der Waals surface area contributed by atoms with Gasteiger partial charge in [0.25, 0.3) is 10.0 Å². The fourth-order valence-electron chi connectivity index (χ4n) is 4.22.